The molecule has 9 heteroatoms. The van der Waals surface area contributed by atoms with Gasteiger partial charge in [-0.25, -0.2) is 0 Å². The van der Waals surface area contributed by atoms with Crippen molar-refractivity contribution in [3.05, 3.63) is 23.8 Å². The van der Waals surface area contributed by atoms with Crippen LogP contribution in [0.4, 0.5) is 10.3 Å². The van der Waals surface area contributed by atoms with Gasteiger partial charge in [-0.1, -0.05) is 11.3 Å². The summed E-state index contributed by atoms with van der Waals surface area (Å²) in [6.07, 6.45) is 1.93. The molecule has 0 radical (unpaired) electrons. The summed E-state index contributed by atoms with van der Waals surface area (Å²) >= 11 is 6.71. The molecular weight excluding hydrogens is 340 g/mol. The van der Waals surface area contributed by atoms with Gasteiger partial charge in [0, 0.05) is 18.4 Å². The Morgan fingerprint density at radius 1 is 1.30 bits per heavy atom. The van der Waals surface area contributed by atoms with Gasteiger partial charge < -0.3 is 15.3 Å². The number of nitrogens with zero attached hydrogens (tertiary/aromatic N) is 2. The first kappa shape index (κ1) is 17.3. The van der Waals surface area contributed by atoms with Crippen molar-refractivity contribution in [2.24, 2.45) is 0 Å². The van der Waals surface area contributed by atoms with Crippen LogP contribution in [0.2, 0.25) is 0 Å². The van der Waals surface area contributed by atoms with Gasteiger partial charge in [0.15, 0.2) is 5.75 Å². The van der Waals surface area contributed by atoms with E-state index in [0.717, 1.165) is 29.7 Å². The largest absolute Gasteiger partial charge is 0.508 e. The van der Waals surface area contributed by atoms with Crippen molar-refractivity contribution >= 4 is 39.1 Å². The predicted molar refractivity (Wildman–Crippen MR) is 90.2 cm³/mol. The zero-order valence-electron chi connectivity index (χ0n) is 12.5. The third kappa shape index (κ3) is 5.91. The van der Waals surface area contributed by atoms with Gasteiger partial charge in [-0.3, -0.25) is 4.79 Å². The monoisotopic (exact) mass is 356 g/mol. The van der Waals surface area contributed by atoms with Crippen LogP contribution in [0.15, 0.2) is 18.2 Å². The van der Waals surface area contributed by atoms with Gasteiger partial charge in [0.05, 0.1) is 0 Å². The van der Waals surface area contributed by atoms with Gasteiger partial charge in [0.2, 0.25) is 16.2 Å². The van der Waals surface area contributed by atoms with Crippen molar-refractivity contribution < 1.29 is 14.7 Å². The molecule has 1 heterocycles. The average Bonchev–Trinajstić information content (AvgIpc) is 2.92. The number of phenolic OH excluding ortho intramolecular Hbond substituents is 1. The lowest BCUT2D eigenvalue weighted by Gasteiger charge is -2.06. The van der Waals surface area contributed by atoms with Crippen LogP contribution in [-0.4, -0.2) is 27.1 Å². The van der Waals surface area contributed by atoms with Crippen LogP contribution < -0.4 is 15.6 Å². The number of hydrogen-bond acceptors (Lipinski definition) is 7. The van der Waals surface area contributed by atoms with Crippen molar-refractivity contribution in [1.82, 2.24) is 10.2 Å². The molecule has 0 unspecified atom stereocenters. The van der Waals surface area contributed by atoms with Crippen LogP contribution in [0.3, 0.4) is 0 Å². The Morgan fingerprint density at radius 2 is 2.09 bits per heavy atom. The van der Waals surface area contributed by atoms with E-state index in [9.17, 15) is 9.90 Å². The Morgan fingerprint density at radius 3 is 2.83 bits per heavy atom. The third-order valence-electron chi connectivity index (χ3n) is 2.75. The third-order valence-corrected chi connectivity index (χ3v) is 3.75. The molecule has 0 aliphatic heterocycles. The second-order valence-electron chi connectivity index (χ2n) is 4.82. The topological polar surface area (TPSA) is 96.4 Å². The molecule has 0 bridgehead atoms. The van der Waals surface area contributed by atoms with E-state index in [1.807, 2.05) is 6.92 Å². The fraction of sp³-hybridized carbons (Fsp3) is 0.357. The predicted octanol–water partition coefficient (Wildman–Crippen LogP) is 3.31. The highest BCUT2D eigenvalue weighted by Crippen LogP contribution is 2.24. The summed E-state index contributed by atoms with van der Waals surface area (Å²) < 4.78 is 0. The van der Waals surface area contributed by atoms with Crippen LogP contribution in [0.5, 0.6) is 11.5 Å². The Labute approximate surface area is 142 Å². The molecule has 1 aromatic heterocycles. The minimum absolute atomic E-state index is 0.115. The van der Waals surface area contributed by atoms with Gasteiger partial charge in [-0.05, 0) is 37.5 Å². The summed E-state index contributed by atoms with van der Waals surface area (Å²) in [6.45, 7) is 1.84. The fourth-order valence-electron chi connectivity index (χ4n) is 1.77. The summed E-state index contributed by atoms with van der Waals surface area (Å²) in [5.74, 6) is 0.988. The number of aromatic hydroxyl groups is 1. The molecule has 1 amide bonds. The second kappa shape index (κ2) is 8.54. The summed E-state index contributed by atoms with van der Waals surface area (Å²) in [5, 5.41) is 20.6. The number of unbranched alkanes of at least 4 members (excludes halogenated alkanes) is 1. The summed E-state index contributed by atoms with van der Waals surface area (Å²) in [5.41, 5.74) is 3.49. The highest BCUT2D eigenvalue weighted by molar-refractivity contribution is 7.19. The van der Waals surface area contributed by atoms with Gasteiger partial charge in [0.25, 0.3) is 0 Å². The molecule has 0 aliphatic carbocycles. The molecule has 0 atom stereocenters. The number of alkyl halides is 1. The number of halogens is 1. The number of phenols is 1. The zero-order chi connectivity index (χ0) is 16.7. The highest BCUT2D eigenvalue weighted by Gasteiger charge is 2.08. The molecule has 0 fully saturated rings. The maximum atomic E-state index is 11.7. The number of anilines is 2. The number of carbonyl (C=O) groups excluding carboxylic acids is 1. The van der Waals surface area contributed by atoms with Crippen molar-refractivity contribution in [2.75, 3.05) is 16.7 Å². The van der Waals surface area contributed by atoms with Gasteiger partial charge in [0.1, 0.15) is 5.75 Å². The Hall–Kier alpha value is -2.06. The summed E-state index contributed by atoms with van der Waals surface area (Å²) in [6, 6.07) is 4.85. The lowest BCUT2D eigenvalue weighted by molar-refractivity contribution is -0.116. The van der Waals surface area contributed by atoms with E-state index in [1.165, 1.54) is 6.07 Å². The van der Waals surface area contributed by atoms with Crippen molar-refractivity contribution in [3.63, 3.8) is 0 Å². The molecule has 0 spiro atoms. The smallest absolute Gasteiger partial charge is 0.240 e. The molecule has 0 saturated heterocycles. The number of aryl methyl sites for hydroxylation is 1. The number of rotatable bonds is 8. The number of carbonyl (C=O) groups is 1. The standard InChI is InChI=1S/C14H17ClN4O3S/c1-9-6-10(20)8-11(7-9)22-19-14-18-17-13(23-14)16-12(21)4-2-3-5-15/h6-8,20H,2-5H2,1H3,(H,18,19)(H,16,17,21). The zero-order valence-corrected chi connectivity index (χ0v) is 14.1. The molecule has 0 saturated carbocycles. The van der Waals surface area contributed by atoms with Crippen molar-refractivity contribution in [2.45, 2.75) is 26.2 Å². The molecular formula is C14H17ClN4O3S. The number of amides is 1. The quantitative estimate of drug-likeness (QED) is 0.381. The SMILES string of the molecule is Cc1cc(O)cc(ONc2nnc(NC(=O)CCCCCl)s2)c1. The maximum Gasteiger partial charge on any atom is 0.240 e. The van der Waals surface area contributed by atoms with E-state index in [-0.39, 0.29) is 11.7 Å². The van der Waals surface area contributed by atoms with E-state index in [1.54, 1.807) is 12.1 Å². The van der Waals surface area contributed by atoms with E-state index < -0.39 is 0 Å². The van der Waals surface area contributed by atoms with E-state index in [2.05, 4.69) is 21.0 Å². The Kier molecular flexibility index (Phi) is 6.42. The molecule has 3 N–H and O–H groups in total. The first-order chi connectivity index (χ1) is 11.1. The van der Waals surface area contributed by atoms with Gasteiger partial charge in [-0.15, -0.1) is 21.8 Å². The summed E-state index contributed by atoms with van der Waals surface area (Å²) in [4.78, 5) is 17.0. The first-order valence-corrected chi connectivity index (χ1v) is 8.35. The molecule has 1 aromatic carbocycles. The van der Waals surface area contributed by atoms with Gasteiger partial charge >= 0.3 is 0 Å². The van der Waals surface area contributed by atoms with Crippen LogP contribution in [0.25, 0.3) is 0 Å². The van der Waals surface area contributed by atoms with E-state index in [0.29, 0.717) is 28.3 Å². The second-order valence-corrected chi connectivity index (χ2v) is 6.17. The van der Waals surface area contributed by atoms with Gasteiger partial charge in [-0.2, -0.15) is 5.48 Å². The maximum absolute atomic E-state index is 11.7. The average molecular weight is 357 g/mol. The van der Waals surface area contributed by atoms with Crippen molar-refractivity contribution in [3.8, 4) is 11.5 Å². The normalized spacial score (nSPS) is 10.3. The first-order valence-electron chi connectivity index (χ1n) is 6.99. The van der Waals surface area contributed by atoms with Crippen molar-refractivity contribution in [1.29, 1.82) is 0 Å². The molecule has 2 aromatic rings. The molecule has 23 heavy (non-hydrogen) atoms. The minimum atomic E-state index is -0.123. The van der Waals surface area contributed by atoms with Crippen LogP contribution in [0.1, 0.15) is 24.8 Å². The van der Waals surface area contributed by atoms with E-state index >= 15 is 0 Å². The highest BCUT2D eigenvalue weighted by atomic mass is 35.5. The molecule has 0 aliphatic rings. The number of hydrogen-bond donors (Lipinski definition) is 3. The van der Waals surface area contributed by atoms with E-state index in [4.69, 9.17) is 16.4 Å². The molecule has 2 rings (SSSR count). The molecule has 124 valence electrons. The Balaban J connectivity index is 1.83. The Bertz CT molecular complexity index is 645. The molecule has 7 nitrogen and oxygen atoms in total. The number of aromatic nitrogens is 2. The number of nitrogens with one attached hydrogen (secondary N) is 2. The summed E-state index contributed by atoms with van der Waals surface area (Å²) in [7, 11) is 0. The van der Waals surface area contributed by atoms with Crippen LogP contribution >= 0.6 is 22.9 Å². The lowest BCUT2D eigenvalue weighted by atomic mass is 10.2. The van der Waals surface area contributed by atoms with Crippen LogP contribution in [-0.2, 0) is 4.79 Å². The lowest BCUT2D eigenvalue weighted by Crippen LogP contribution is -2.10. The number of benzene rings is 1. The minimum Gasteiger partial charge on any atom is -0.508 e. The fourth-order valence-corrected chi connectivity index (χ4v) is 2.55. The van der Waals surface area contributed by atoms with Crippen LogP contribution in [0, 0.1) is 6.92 Å².